The van der Waals surface area contributed by atoms with Crippen LogP contribution in [-0.2, 0) is 9.53 Å². The fourth-order valence-corrected chi connectivity index (χ4v) is 3.36. The maximum absolute atomic E-state index is 12.5. The first-order valence-corrected chi connectivity index (χ1v) is 8.54. The molecule has 1 heterocycles. The molecule has 1 fully saturated rings. The van der Waals surface area contributed by atoms with Crippen LogP contribution in [-0.4, -0.2) is 54.5 Å². The molecule has 2 rings (SSSR count). The molecule has 0 spiro atoms. The molecule has 1 amide bonds. The van der Waals surface area contributed by atoms with Crippen LogP contribution in [0.4, 0.5) is 4.79 Å². The molecule has 144 valence electrons. The van der Waals surface area contributed by atoms with Crippen molar-refractivity contribution in [3.8, 4) is 11.5 Å². The van der Waals surface area contributed by atoms with Crippen molar-refractivity contribution in [2.24, 2.45) is 0 Å². The number of rotatable bonds is 4. The fourth-order valence-electron chi connectivity index (χ4n) is 3.36. The highest BCUT2D eigenvalue weighted by atomic mass is 16.6. The van der Waals surface area contributed by atoms with E-state index in [9.17, 15) is 14.7 Å². The van der Waals surface area contributed by atoms with Gasteiger partial charge in [0.1, 0.15) is 23.1 Å². The number of amides is 1. The van der Waals surface area contributed by atoms with Crippen LogP contribution in [0, 0.1) is 6.92 Å². The average molecular weight is 365 g/mol. The minimum absolute atomic E-state index is 0.288. The van der Waals surface area contributed by atoms with Crippen LogP contribution in [0.1, 0.15) is 44.2 Å². The zero-order valence-electron chi connectivity index (χ0n) is 16.2. The first kappa shape index (κ1) is 19.9. The summed E-state index contributed by atoms with van der Waals surface area (Å²) in [6.07, 6.45) is -0.149. The molecule has 2 atom stereocenters. The van der Waals surface area contributed by atoms with E-state index in [1.807, 2.05) is 19.1 Å². The van der Waals surface area contributed by atoms with Gasteiger partial charge in [0.05, 0.1) is 14.2 Å². The topological polar surface area (TPSA) is 85.3 Å². The van der Waals surface area contributed by atoms with E-state index < -0.39 is 29.6 Å². The van der Waals surface area contributed by atoms with Crippen LogP contribution in [0.3, 0.4) is 0 Å². The largest absolute Gasteiger partial charge is 0.496 e. The Morgan fingerprint density at radius 1 is 1.15 bits per heavy atom. The second-order valence-corrected chi connectivity index (χ2v) is 7.44. The van der Waals surface area contributed by atoms with Gasteiger partial charge < -0.3 is 19.3 Å². The predicted molar refractivity (Wildman–Crippen MR) is 96.0 cm³/mol. The summed E-state index contributed by atoms with van der Waals surface area (Å²) in [6.45, 7) is 7.45. The van der Waals surface area contributed by atoms with Gasteiger partial charge in [-0.25, -0.2) is 9.59 Å². The van der Waals surface area contributed by atoms with Crippen molar-refractivity contribution in [3.63, 3.8) is 0 Å². The molecule has 1 aliphatic heterocycles. The zero-order valence-corrected chi connectivity index (χ0v) is 16.2. The number of hydrogen-bond acceptors (Lipinski definition) is 5. The van der Waals surface area contributed by atoms with Gasteiger partial charge in [-0.15, -0.1) is 0 Å². The second-order valence-electron chi connectivity index (χ2n) is 7.44. The number of carbonyl (C=O) groups excluding carboxylic acids is 1. The summed E-state index contributed by atoms with van der Waals surface area (Å²) in [4.78, 5) is 25.8. The molecule has 0 aliphatic carbocycles. The Morgan fingerprint density at radius 2 is 1.69 bits per heavy atom. The van der Waals surface area contributed by atoms with Crippen LogP contribution in [0.2, 0.25) is 0 Å². The van der Waals surface area contributed by atoms with E-state index >= 15 is 0 Å². The van der Waals surface area contributed by atoms with Crippen LogP contribution in [0.25, 0.3) is 0 Å². The van der Waals surface area contributed by atoms with E-state index in [1.165, 1.54) is 19.1 Å². The van der Waals surface area contributed by atoms with Gasteiger partial charge >= 0.3 is 12.1 Å². The number of aliphatic carboxylic acids is 1. The number of carbonyl (C=O) groups is 2. The number of hydrogen-bond donors (Lipinski definition) is 1. The van der Waals surface area contributed by atoms with Crippen molar-refractivity contribution in [1.29, 1.82) is 0 Å². The Labute approximate surface area is 153 Å². The summed E-state index contributed by atoms with van der Waals surface area (Å²) < 4.78 is 16.3. The molecule has 1 N–H and O–H groups in total. The smallest absolute Gasteiger partial charge is 0.411 e. The number of carboxylic acids is 1. The van der Waals surface area contributed by atoms with Gasteiger partial charge in [-0.2, -0.15) is 0 Å². The minimum atomic E-state index is -1.08. The summed E-state index contributed by atoms with van der Waals surface area (Å²) >= 11 is 0. The van der Waals surface area contributed by atoms with Crippen LogP contribution >= 0.6 is 0 Å². The van der Waals surface area contributed by atoms with Crippen LogP contribution in [0.15, 0.2) is 12.1 Å². The molecule has 1 saturated heterocycles. The molecule has 1 aromatic rings. The standard InChI is InChI=1S/C19H27NO6/c1-11-9-13(24-5)15(14(10-11)25-6)12-7-8-20(16(12)17(21)22)18(23)26-19(2,3)4/h9-10,12,16H,7-8H2,1-6H3,(H,21,22)/t12-,16+/m0/s1. The van der Waals surface area contributed by atoms with E-state index in [-0.39, 0.29) is 6.54 Å². The highest BCUT2D eigenvalue weighted by molar-refractivity contribution is 5.82. The molecular formula is C19H27NO6. The molecular weight excluding hydrogens is 338 g/mol. The molecule has 7 nitrogen and oxygen atoms in total. The maximum Gasteiger partial charge on any atom is 0.411 e. The first-order valence-electron chi connectivity index (χ1n) is 8.54. The SMILES string of the molecule is COc1cc(C)cc(OC)c1[C@@H]1CCN(C(=O)OC(C)(C)C)[C@H]1C(=O)O. The lowest BCUT2D eigenvalue weighted by molar-refractivity contribution is -0.142. The minimum Gasteiger partial charge on any atom is -0.496 e. The lowest BCUT2D eigenvalue weighted by atomic mass is 9.89. The monoisotopic (exact) mass is 365 g/mol. The number of likely N-dealkylation sites (tertiary alicyclic amines) is 1. The third-order valence-electron chi connectivity index (χ3n) is 4.34. The van der Waals surface area contributed by atoms with Gasteiger partial charge in [-0.05, 0) is 51.8 Å². The number of benzene rings is 1. The van der Waals surface area contributed by atoms with Gasteiger partial charge in [-0.1, -0.05) is 0 Å². The van der Waals surface area contributed by atoms with Crippen molar-refractivity contribution in [2.45, 2.75) is 51.7 Å². The van der Waals surface area contributed by atoms with Crippen molar-refractivity contribution in [2.75, 3.05) is 20.8 Å². The van der Waals surface area contributed by atoms with Gasteiger partial charge in [0.25, 0.3) is 0 Å². The Bertz CT molecular complexity index is 669. The van der Waals surface area contributed by atoms with Gasteiger partial charge in [0, 0.05) is 18.0 Å². The summed E-state index contributed by atoms with van der Waals surface area (Å²) in [5.41, 5.74) is 0.910. The molecule has 26 heavy (non-hydrogen) atoms. The summed E-state index contributed by atoms with van der Waals surface area (Å²) in [5, 5.41) is 9.81. The van der Waals surface area contributed by atoms with Crippen molar-refractivity contribution in [3.05, 3.63) is 23.3 Å². The summed E-state index contributed by atoms with van der Waals surface area (Å²) in [7, 11) is 3.07. The summed E-state index contributed by atoms with van der Waals surface area (Å²) in [6, 6.07) is 2.63. The molecule has 0 unspecified atom stereocenters. The maximum atomic E-state index is 12.5. The van der Waals surface area contributed by atoms with Gasteiger partial charge in [-0.3, -0.25) is 4.90 Å². The molecule has 1 aromatic carbocycles. The molecule has 0 radical (unpaired) electrons. The zero-order chi connectivity index (χ0) is 19.6. The lowest BCUT2D eigenvalue weighted by Crippen LogP contribution is -2.45. The van der Waals surface area contributed by atoms with Gasteiger partial charge in [0.15, 0.2) is 0 Å². The fraction of sp³-hybridized carbons (Fsp3) is 0.579. The predicted octanol–water partition coefficient (Wildman–Crippen LogP) is 3.19. The third-order valence-corrected chi connectivity index (χ3v) is 4.34. The number of ether oxygens (including phenoxy) is 3. The lowest BCUT2D eigenvalue weighted by Gasteiger charge is -2.29. The van der Waals surface area contributed by atoms with Crippen LogP contribution < -0.4 is 9.47 Å². The molecule has 7 heteroatoms. The average Bonchev–Trinajstić information content (AvgIpc) is 2.97. The molecule has 0 saturated carbocycles. The molecule has 0 bridgehead atoms. The van der Waals surface area contributed by atoms with Gasteiger partial charge in [0.2, 0.25) is 0 Å². The Kier molecular flexibility index (Phi) is 5.68. The van der Waals surface area contributed by atoms with Crippen molar-refractivity contribution < 1.29 is 28.9 Å². The highest BCUT2D eigenvalue weighted by Gasteiger charge is 2.46. The van der Waals surface area contributed by atoms with Crippen molar-refractivity contribution >= 4 is 12.1 Å². The molecule has 1 aliphatic rings. The highest BCUT2D eigenvalue weighted by Crippen LogP contribution is 2.44. The molecule has 0 aromatic heterocycles. The Hall–Kier alpha value is -2.44. The Balaban J connectivity index is 2.45. The number of carboxylic acid groups (broad SMARTS) is 1. The van der Waals surface area contributed by atoms with Crippen LogP contribution in [0.5, 0.6) is 11.5 Å². The normalized spacial score (nSPS) is 20.0. The van der Waals surface area contributed by atoms with E-state index in [0.717, 1.165) is 5.56 Å². The van der Waals surface area contributed by atoms with E-state index in [2.05, 4.69) is 0 Å². The Morgan fingerprint density at radius 3 is 2.12 bits per heavy atom. The van der Waals surface area contributed by atoms with E-state index in [1.54, 1.807) is 20.8 Å². The first-order chi connectivity index (χ1) is 12.1. The quantitative estimate of drug-likeness (QED) is 0.882. The number of methoxy groups -OCH3 is 2. The second kappa shape index (κ2) is 7.43. The van der Waals surface area contributed by atoms with E-state index in [4.69, 9.17) is 14.2 Å². The van der Waals surface area contributed by atoms with Crippen molar-refractivity contribution in [1.82, 2.24) is 4.90 Å². The third kappa shape index (κ3) is 4.03. The number of aryl methyl sites for hydroxylation is 1. The summed E-state index contributed by atoms with van der Waals surface area (Å²) in [5.74, 6) is -0.415. The van der Waals surface area contributed by atoms with E-state index in [0.29, 0.717) is 23.5 Å². The number of nitrogens with zero attached hydrogens (tertiary/aromatic N) is 1.